The summed E-state index contributed by atoms with van der Waals surface area (Å²) in [5, 5.41) is 9.71. The van der Waals surface area contributed by atoms with Crippen molar-refractivity contribution in [2.45, 2.75) is 347 Å². The predicted octanol–water partition coefficient (Wildman–Crippen LogP) is 20.2. The Kier molecular flexibility index (Phi) is 58.1. The summed E-state index contributed by atoms with van der Waals surface area (Å²) in [6, 6.07) is 0. The number of carboxylic acids is 1. The Labute approximate surface area is 478 Å². The van der Waals surface area contributed by atoms with E-state index in [4.69, 9.17) is 18.9 Å². The van der Waals surface area contributed by atoms with Gasteiger partial charge in [-0.05, 0) is 64.2 Å². The Hall–Kier alpha value is -2.23. The number of carbonyl (C=O) groups excluding carboxylic acids is 2. The molecule has 0 aliphatic carbocycles. The fourth-order valence-corrected chi connectivity index (χ4v) is 10.0. The highest BCUT2D eigenvalue weighted by atomic mass is 16.7. The maximum atomic E-state index is 12.9. The lowest BCUT2D eigenvalue weighted by Crippen LogP contribution is -2.40. The molecule has 2 atom stereocenters. The third-order valence-corrected chi connectivity index (χ3v) is 15.2. The van der Waals surface area contributed by atoms with E-state index in [2.05, 4.69) is 38.2 Å². The van der Waals surface area contributed by atoms with Gasteiger partial charge in [-0.2, -0.15) is 0 Å². The molecule has 77 heavy (non-hydrogen) atoms. The summed E-state index contributed by atoms with van der Waals surface area (Å²) >= 11 is 0. The molecule has 9 heteroatoms. The van der Waals surface area contributed by atoms with Crippen molar-refractivity contribution < 1.29 is 42.9 Å². The normalized spacial score (nSPS) is 12.8. The topological polar surface area (TPSA) is 108 Å². The minimum Gasteiger partial charge on any atom is -0.477 e. The van der Waals surface area contributed by atoms with Gasteiger partial charge in [0.05, 0.1) is 34.4 Å². The van der Waals surface area contributed by atoms with Crippen molar-refractivity contribution in [1.29, 1.82) is 0 Å². The number of esters is 2. The Morgan fingerprint density at radius 3 is 0.961 bits per heavy atom. The fraction of sp³-hybridized carbons (Fsp3) is 0.897. The van der Waals surface area contributed by atoms with Gasteiger partial charge in [-0.1, -0.05) is 282 Å². The molecule has 0 aliphatic heterocycles. The van der Waals surface area contributed by atoms with Crippen LogP contribution in [0.5, 0.6) is 0 Å². The van der Waals surface area contributed by atoms with E-state index in [1.807, 2.05) is 21.1 Å². The van der Waals surface area contributed by atoms with E-state index >= 15 is 0 Å². The number of rotatable bonds is 63. The van der Waals surface area contributed by atoms with Crippen LogP contribution in [0, 0.1) is 0 Å². The van der Waals surface area contributed by atoms with Gasteiger partial charge in [0.1, 0.15) is 13.2 Å². The van der Waals surface area contributed by atoms with E-state index in [9.17, 15) is 19.5 Å². The minimum absolute atomic E-state index is 0.181. The molecule has 0 rings (SSSR count). The van der Waals surface area contributed by atoms with Gasteiger partial charge in [-0.3, -0.25) is 9.59 Å². The molecule has 0 saturated carbocycles. The summed E-state index contributed by atoms with van der Waals surface area (Å²) in [7, 11) is 5.98. The lowest BCUT2D eigenvalue weighted by atomic mass is 10.0. The standard InChI is InChI=1S/C68H129NO8/c1-6-8-10-12-14-16-18-20-22-23-24-25-26-27-28-29-30-31-32-33-34-35-36-37-38-39-40-41-42-43-45-47-49-51-53-55-57-59-66(71)77-64(63-76-68(67(72)73)74-61-60-69(3,4)5)62-75-65(70)58-56-54-52-50-48-46-44-21-19-17-15-13-11-9-7-2/h21,23-24,44,64,68H,6-20,22,25-43,45-63H2,1-5H3/p+1/b24-23-,44-21-. The molecule has 0 bridgehead atoms. The second-order valence-electron chi connectivity index (χ2n) is 24.1. The van der Waals surface area contributed by atoms with Gasteiger partial charge in [-0.25, -0.2) is 4.79 Å². The van der Waals surface area contributed by atoms with E-state index in [0.29, 0.717) is 17.4 Å². The average Bonchev–Trinajstić information content (AvgIpc) is 3.40. The summed E-state index contributed by atoms with van der Waals surface area (Å²) in [6.07, 6.45) is 70.2. The fourth-order valence-electron chi connectivity index (χ4n) is 10.0. The van der Waals surface area contributed by atoms with Crippen LogP contribution in [-0.2, 0) is 33.3 Å². The Balaban J connectivity index is 3.96. The van der Waals surface area contributed by atoms with Gasteiger partial charge in [0.15, 0.2) is 6.10 Å². The molecule has 0 aromatic carbocycles. The van der Waals surface area contributed by atoms with Gasteiger partial charge in [-0.15, -0.1) is 0 Å². The molecule has 0 radical (unpaired) electrons. The molecule has 0 fully saturated rings. The van der Waals surface area contributed by atoms with Crippen molar-refractivity contribution in [3.05, 3.63) is 24.3 Å². The highest BCUT2D eigenvalue weighted by molar-refractivity contribution is 5.71. The van der Waals surface area contributed by atoms with Crippen LogP contribution in [0.25, 0.3) is 0 Å². The zero-order valence-electron chi connectivity index (χ0n) is 51.9. The van der Waals surface area contributed by atoms with Crippen LogP contribution in [-0.4, -0.2) is 87.4 Å². The number of aliphatic carboxylic acids is 1. The molecule has 0 heterocycles. The number of likely N-dealkylation sites (N-methyl/N-ethyl adjacent to an activating group) is 1. The van der Waals surface area contributed by atoms with Gasteiger partial charge in [0.25, 0.3) is 6.29 Å². The van der Waals surface area contributed by atoms with Crippen molar-refractivity contribution in [2.24, 2.45) is 0 Å². The smallest absolute Gasteiger partial charge is 0.361 e. The second kappa shape index (κ2) is 59.9. The molecule has 0 aromatic heterocycles. The van der Waals surface area contributed by atoms with Crippen LogP contribution in [0.4, 0.5) is 0 Å². The molecule has 0 aromatic rings. The minimum atomic E-state index is -1.51. The maximum Gasteiger partial charge on any atom is 0.361 e. The maximum absolute atomic E-state index is 12.9. The summed E-state index contributed by atoms with van der Waals surface area (Å²) in [5.41, 5.74) is 0. The van der Waals surface area contributed by atoms with E-state index in [1.54, 1.807) is 0 Å². The highest BCUT2D eigenvalue weighted by Crippen LogP contribution is 2.18. The summed E-state index contributed by atoms with van der Waals surface area (Å²) in [6.45, 7) is 4.91. The number of allylic oxidation sites excluding steroid dienone is 4. The average molecular weight is 1090 g/mol. The molecule has 0 aliphatic rings. The van der Waals surface area contributed by atoms with Crippen molar-refractivity contribution in [1.82, 2.24) is 0 Å². The Morgan fingerprint density at radius 1 is 0.377 bits per heavy atom. The number of ether oxygens (including phenoxy) is 4. The van der Waals surface area contributed by atoms with E-state index < -0.39 is 18.4 Å². The Morgan fingerprint density at radius 2 is 0.662 bits per heavy atom. The van der Waals surface area contributed by atoms with Gasteiger partial charge in [0, 0.05) is 12.8 Å². The van der Waals surface area contributed by atoms with Crippen LogP contribution in [0.2, 0.25) is 0 Å². The first kappa shape index (κ1) is 74.8. The van der Waals surface area contributed by atoms with Crippen LogP contribution in [0.3, 0.4) is 0 Å². The third-order valence-electron chi connectivity index (χ3n) is 15.2. The third kappa shape index (κ3) is 61.2. The zero-order chi connectivity index (χ0) is 56.2. The Bertz CT molecular complexity index is 1310. The number of carbonyl (C=O) groups is 3. The quantitative estimate of drug-likeness (QED) is 0.0211. The number of hydrogen-bond donors (Lipinski definition) is 1. The number of carboxylic acid groups (broad SMARTS) is 1. The van der Waals surface area contributed by atoms with Gasteiger partial charge < -0.3 is 28.5 Å². The van der Waals surface area contributed by atoms with E-state index in [-0.39, 0.29) is 38.2 Å². The van der Waals surface area contributed by atoms with Crippen LogP contribution < -0.4 is 0 Å². The molecular weight excluding hydrogens is 959 g/mol. The van der Waals surface area contributed by atoms with E-state index in [0.717, 1.165) is 51.4 Å². The number of hydrogen-bond acceptors (Lipinski definition) is 7. The molecular formula is C68H130NO8+. The molecule has 9 nitrogen and oxygen atoms in total. The van der Waals surface area contributed by atoms with Crippen molar-refractivity contribution in [3.63, 3.8) is 0 Å². The van der Waals surface area contributed by atoms with E-state index in [1.165, 1.54) is 257 Å². The molecule has 1 N–H and O–H groups in total. The number of quaternary nitrogens is 1. The molecule has 454 valence electrons. The monoisotopic (exact) mass is 1090 g/mol. The van der Waals surface area contributed by atoms with Gasteiger partial charge >= 0.3 is 17.9 Å². The lowest BCUT2D eigenvalue weighted by Gasteiger charge is -2.25. The highest BCUT2D eigenvalue weighted by Gasteiger charge is 2.25. The second-order valence-corrected chi connectivity index (χ2v) is 24.1. The first-order chi connectivity index (χ1) is 37.6. The number of nitrogens with zero attached hydrogens (tertiary/aromatic N) is 1. The largest absolute Gasteiger partial charge is 0.477 e. The molecule has 0 amide bonds. The van der Waals surface area contributed by atoms with Gasteiger partial charge in [0.2, 0.25) is 0 Å². The van der Waals surface area contributed by atoms with Crippen LogP contribution in [0.1, 0.15) is 335 Å². The van der Waals surface area contributed by atoms with Crippen LogP contribution in [0.15, 0.2) is 24.3 Å². The summed E-state index contributed by atoms with van der Waals surface area (Å²) in [4.78, 5) is 37.4. The number of unbranched alkanes of at least 4 members (excludes halogenated alkanes) is 44. The van der Waals surface area contributed by atoms with Crippen LogP contribution >= 0.6 is 0 Å². The molecule has 0 saturated heterocycles. The predicted molar refractivity (Wildman–Crippen MR) is 328 cm³/mol. The molecule has 0 spiro atoms. The molecule has 2 unspecified atom stereocenters. The van der Waals surface area contributed by atoms with Crippen molar-refractivity contribution in [2.75, 3.05) is 47.5 Å². The van der Waals surface area contributed by atoms with Crippen molar-refractivity contribution >= 4 is 17.9 Å². The summed E-state index contributed by atoms with van der Waals surface area (Å²) < 4.78 is 22.9. The SMILES string of the molecule is CCCCCCCC/C=C\CCCCCCCC(=O)OCC(COC(OCC[N+](C)(C)C)C(=O)O)OC(=O)CCCCCCCCCCCCCCCCCCCCCCCCCCC/C=C\CCCCCCCCCC. The first-order valence-electron chi connectivity index (χ1n) is 33.5. The summed E-state index contributed by atoms with van der Waals surface area (Å²) in [5.74, 6) is -1.99. The van der Waals surface area contributed by atoms with Crippen molar-refractivity contribution in [3.8, 4) is 0 Å². The first-order valence-corrected chi connectivity index (χ1v) is 33.5. The lowest BCUT2D eigenvalue weighted by molar-refractivity contribution is -0.870. The zero-order valence-corrected chi connectivity index (χ0v) is 51.9.